The quantitative estimate of drug-likeness (QED) is 0.448. The van der Waals surface area contributed by atoms with Gasteiger partial charge in [0.2, 0.25) is 0 Å². The number of rotatable bonds is 5. The summed E-state index contributed by atoms with van der Waals surface area (Å²) in [6.45, 7) is 3.45. The number of nitrogen functional groups attached to an aromatic ring is 1. The van der Waals surface area contributed by atoms with Crippen molar-refractivity contribution in [2.24, 2.45) is 11.8 Å². The highest BCUT2D eigenvalue weighted by Crippen LogP contribution is 2.19. The van der Waals surface area contributed by atoms with Gasteiger partial charge in [0.15, 0.2) is 11.5 Å². The molecule has 1 saturated heterocycles. The topological polar surface area (TPSA) is 93.6 Å². The molecule has 0 spiro atoms. The van der Waals surface area contributed by atoms with Crippen molar-refractivity contribution in [3.8, 4) is 0 Å². The van der Waals surface area contributed by atoms with Crippen LogP contribution >= 0.6 is 0 Å². The lowest BCUT2D eigenvalue weighted by molar-refractivity contribution is 0.0828. The van der Waals surface area contributed by atoms with E-state index in [-0.39, 0.29) is 5.69 Å². The largest absolute Gasteiger partial charge is 0.384 e. The summed E-state index contributed by atoms with van der Waals surface area (Å²) in [6, 6.07) is 1.63. The number of carbonyl (C=O) groups is 1. The number of piperidine rings is 1. The van der Waals surface area contributed by atoms with Crippen molar-refractivity contribution >= 4 is 5.91 Å². The van der Waals surface area contributed by atoms with Gasteiger partial charge in [0, 0.05) is 19.7 Å². The summed E-state index contributed by atoms with van der Waals surface area (Å²) in [5, 5.41) is 3.69. The first-order chi connectivity index (χ1) is 9.22. The number of likely N-dealkylation sites (tertiary alicyclic amines) is 1. The minimum Gasteiger partial charge on any atom is -0.384 e. The van der Waals surface area contributed by atoms with E-state index in [4.69, 9.17) is 15.1 Å². The summed E-state index contributed by atoms with van der Waals surface area (Å²) < 4.78 is 10.3. The molecule has 1 aliphatic rings. The van der Waals surface area contributed by atoms with Crippen LogP contribution in [-0.4, -0.2) is 42.8 Å². The van der Waals surface area contributed by atoms with Crippen LogP contribution in [0.25, 0.3) is 0 Å². The van der Waals surface area contributed by atoms with Gasteiger partial charge >= 0.3 is 0 Å². The SMILES string of the molecule is COCC1CCCN(Cc2cc(C(=O)NN)no2)C1. The first-order valence-corrected chi connectivity index (χ1v) is 6.40. The van der Waals surface area contributed by atoms with Gasteiger partial charge in [-0.15, -0.1) is 0 Å². The van der Waals surface area contributed by atoms with E-state index in [0.717, 1.165) is 26.1 Å². The summed E-state index contributed by atoms with van der Waals surface area (Å²) in [5.41, 5.74) is 2.24. The third kappa shape index (κ3) is 3.76. The number of carbonyl (C=O) groups excluding carboxylic acids is 1. The Morgan fingerprint density at radius 2 is 2.58 bits per heavy atom. The number of nitrogens with one attached hydrogen (secondary N) is 1. The molecule has 1 aromatic rings. The summed E-state index contributed by atoms with van der Waals surface area (Å²) in [6.07, 6.45) is 2.35. The molecule has 7 nitrogen and oxygen atoms in total. The van der Waals surface area contributed by atoms with Gasteiger partial charge in [0.25, 0.3) is 5.91 Å². The van der Waals surface area contributed by atoms with Gasteiger partial charge in [-0.25, -0.2) is 5.84 Å². The molecule has 19 heavy (non-hydrogen) atoms. The Balaban J connectivity index is 1.89. The number of hydrogen-bond donors (Lipinski definition) is 2. The van der Waals surface area contributed by atoms with Gasteiger partial charge in [-0.2, -0.15) is 0 Å². The third-order valence-corrected chi connectivity index (χ3v) is 3.31. The number of ether oxygens (including phenoxy) is 1. The number of amides is 1. The molecule has 0 aromatic carbocycles. The number of methoxy groups -OCH3 is 1. The zero-order valence-electron chi connectivity index (χ0n) is 11.1. The average molecular weight is 268 g/mol. The van der Waals surface area contributed by atoms with E-state index in [1.165, 1.54) is 6.42 Å². The van der Waals surface area contributed by atoms with Crippen LogP contribution in [0.15, 0.2) is 10.6 Å². The van der Waals surface area contributed by atoms with E-state index < -0.39 is 5.91 Å². The first-order valence-electron chi connectivity index (χ1n) is 6.40. The summed E-state index contributed by atoms with van der Waals surface area (Å²) in [4.78, 5) is 13.6. The highest BCUT2D eigenvalue weighted by atomic mass is 16.5. The van der Waals surface area contributed by atoms with Gasteiger partial charge in [0.1, 0.15) is 0 Å². The van der Waals surface area contributed by atoms with Crippen LogP contribution in [0.5, 0.6) is 0 Å². The molecule has 0 saturated carbocycles. The predicted octanol–water partition coefficient (Wildman–Crippen LogP) is 0.137. The number of nitrogens with zero attached hydrogens (tertiary/aromatic N) is 2. The average Bonchev–Trinajstić information content (AvgIpc) is 2.87. The predicted molar refractivity (Wildman–Crippen MR) is 68.0 cm³/mol. The minimum absolute atomic E-state index is 0.211. The second kappa shape index (κ2) is 6.65. The minimum atomic E-state index is -0.439. The van der Waals surface area contributed by atoms with E-state index in [0.29, 0.717) is 18.2 Å². The zero-order valence-corrected chi connectivity index (χ0v) is 11.1. The highest BCUT2D eigenvalue weighted by molar-refractivity contribution is 5.91. The molecule has 2 rings (SSSR count). The van der Waals surface area contributed by atoms with Crippen molar-refractivity contribution in [1.82, 2.24) is 15.5 Å². The van der Waals surface area contributed by atoms with E-state index in [9.17, 15) is 4.79 Å². The van der Waals surface area contributed by atoms with Gasteiger partial charge in [0.05, 0.1) is 13.2 Å². The molecule has 0 aliphatic carbocycles. The van der Waals surface area contributed by atoms with Crippen molar-refractivity contribution in [2.75, 3.05) is 26.8 Å². The Labute approximate surface area is 112 Å². The summed E-state index contributed by atoms with van der Waals surface area (Å²) in [5.74, 6) is 5.85. The molecular weight excluding hydrogens is 248 g/mol. The van der Waals surface area contributed by atoms with Crippen molar-refractivity contribution in [3.63, 3.8) is 0 Å². The fraction of sp³-hybridized carbons (Fsp3) is 0.667. The fourth-order valence-corrected chi connectivity index (χ4v) is 2.46. The zero-order chi connectivity index (χ0) is 13.7. The Hall–Kier alpha value is -1.44. The number of hydrazine groups is 1. The molecule has 2 heterocycles. The lowest BCUT2D eigenvalue weighted by Crippen LogP contribution is -2.36. The Morgan fingerprint density at radius 3 is 3.32 bits per heavy atom. The maximum atomic E-state index is 11.3. The number of nitrogens with two attached hydrogens (primary N) is 1. The third-order valence-electron chi connectivity index (χ3n) is 3.31. The van der Waals surface area contributed by atoms with E-state index in [2.05, 4.69) is 10.1 Å². The molecule has 1 atom stereocenters. The van der Waals surface area contributed by atoms with Gasteiger partial charge < -0.3 is 9.26 Å². The maximum Gasteiger partial charge on any atom is 0.287 e. The van der Waals surface area contributed by atoms with Crippen LogP contribution in [0, 0.1) is 5.92 Å². The second-order valence-electron chi connectivity index (χ2n) is 4.85. The summed E-state index contributed by atoms with van der Waals surface area (Å²) in [7, 11) is 1.73. The van der Waals surface area contributed by atoms with Crippen LogP contribution in [0.2, 0.25) is 0 Å². The van der Waals surface area contributed by atoms with Crippen LogP contribution in [0.4, 0.5) is 0 Å². The fourth-order valence-electron chi connectivity index (χ4n) is 2.46. The molecule has 0 radical (unpaired) electrons. The van der Waals surface area contributed by atoms with Gasteiger partial charge in [-0.1, -0.05) is 5.16 Å². The normalized spacial score (nSPS) is 20.4. The lowest BCUT2D eigenvalue weighted by Gasteiger charge is -2.31. The molecule has 1 amide bonds. The molecule has 1 aromatic heterocycles. The van der Waals surface area contributed by atoms with Crippen LogP contribution < -0.4 is 11.3 Å². The maximum absolute atomic E-state index is 11.3. The molecule has 1 aliphatic heterocycles. The van der Waals surface area contributed by atoms with Crippen LogP contribution in [0.1, 0.15) is 29.1 Å². The van der Waals surface area contributed by atoms with E-state index in [1.54, 1.807) is 13.2 Å². The summed E-state index contributed by atoms with van der Waals surface area (Å²) >= 11 is 0. The van der Waals surface area contributed by atoms with E-state index in [1.807, 2.05) is 5.43 Å². The highest BCUT2D eigenvalue weighted by Gasteiger charge is 2.21. The van der Waals surface area contributed by atoms with Crippen molar-refractivity contribution in [1.29, 1.82) is 0 Å². The molecule has 106 valence electrons. The molecule has 3 N–H and O–H groups in total. The monoisotopic (exact) mass is 268 g/mol. The Bertz CT molecular complexity index is 419. The number of hydrogen-bond acceptors (Lipinski definition) is 6. The van der Waals surface area contributed by atoms with Crippen LogP contribution in [-0.2, 0) is 11.3 Å². The number of aromatic nitrogens is 1. The van der Waals surface area contributed by atoms with Crippen molar-refractivity contribution in [2.45, 2.75) is 19.4 Å². The first kappa shape index (κ1) is 14.0. The smallest absolute Gasteiger partial charge is 0.287 e. The second-order valence-corrected chi connectivity index (χ2v) is 4.85. The standard InChI is InChI=1S/C12H20N4O3/c1-18-8-9-3-2-4-16(6-9)7-10-5-11(15-19-10)12(17)14-13/h5,9H,2-4,6-8,13H2,1H3,(H,14,17). The lowest BCUT2D eigenvalue weighted by atomic mass is 9.99. The van der Waals surface area contributed by atoms with Crippen LogP contribution in [0.3, 0.4) is 0 Å². The van der Waals surface area contributed by atoms with Crippen molar-refractivity contribution < 1.29 is 14.1 Å². The van der Waals surface area contributed by atoms with Crippen molar-refractivity contribution in [3.05, 3.63) is 17.5 Å². The van der Waals surface area contributed by atoms with Gasteiger partial charge in [-0.05, 0) is 25.3 Å². The molecular formula is C12H20N4O3. The van der Waals surface area contributed by atoms with Gasteiger partial charge in [-0.3, -0.25) is 15.1 Å². The molecule has 1 unspecified atom stereocenters. The molecule has 1 fully saturated rings. The molecule has 7 heteroatoms. The Kier molecular flexibility index (Phi) is 4.89. The Morgan fingerprint density at radius 1 is 1.74 bits per heavy atom. The van der Waals surface area contributed by atoms with E-state index >= 15 is 0 Å². The molecule has 0 bridgehead atoms.